The van der Waals surface area contributed by atoms with E-state index in [2.05, 4.69) is 5.32 Å². The Labute approximate surface area is 118 Å². The quantitative estimate of drug-likeness (QED) is 0.927. The van der Waals surface area contributed by atoms with Crippen molar-refractivity contribution in [1.29, 1.82) is 0 Å². The number of nitrogens with one attached hydrogen (secondary N) is 1. The maximum absolute atomic E-state index is 12.0. The van der Waals surface area contributed by atoms with Crippen LogP contribution < -0.4 is 5.32 Å². The van der Waals surface area contributed by atoms with E-state index in [9.17, 15) is 4.79 Å². The summed E-state index contributed by atoms with van der Waals surface area (Å²) in [5, 5.41) is 3.86. The lowest BCUT2D eigenvalue weighted by Crippen LogP contribution is -2.30. The number of benzene rings is 1. The molecule has 19 heavy (non-hydrogen) atoms. The summed E-state index contributed by atoms with van der Waals surface area (Å²) < 4.78 is 5.43. The third kappa shape index (κ3) is 3.61. The lowest BCUT2D eigenvalue weighted by Gasteiger charge is -2.24. The molecule has 1 aliphatic rings. The first-order valence-corrected chi connectivity index (χ1v) is 6.81. The van der Waals surface area contributed by atoms with Crippen molar-refractivity contribution in [2.24, 2.45) is 0 Å². The van der Waals surface area contributed by atoms with Crippen LogP contribution in [0.25, 0.3) is 0 Å². The average Bonchev–Trinajstić information content (AvgIpc) is 2.41. The minimum Gasteiger partial charge on any atom is -0.380 e. The topological polar surface area (TPSA) is 41.6 Å². The molecule has 1 N–H and O–H groups in total. The van der Waals surface area contributed by atoms with Crippen molar-refractivity contribution in [2.75, 3.05) is 32.6 Å². The number of hydrogen-bond donors (Lipinski definition) is 1. The van der Waals surface area contributed by atoms with Crippen LogP contribution in [0.2, 0.25) is 5.02 Å². The van der Waals surface area contributed by atoms with Crippen molar-refractivity contribution in [3.63, 3.8) is 0 Å². The number of halogens is 1. The fraction of sp³-hybridized carbons (Fsp3) is 0.500. The van der Waals surface area contributed by atoms with Crippen molar-refractivity contribution in [1.82, 2.24) is 4.90 Å². The highest BCUT2D eigenvalue weighted by molar-refractivity contribution is 6.34. The van der Waals surface area contributed by atoms with Gasteiger partial charge in [0.15, 0.2) is 0 Å². The Balaban J connectivity index is 2.13. The molecule has 2 rings (SSSR count). The van der Waals surface area contributed by atoms with E-state index in [0.29, 0.717) is 23.2 Å². The normalized spacial score (nSPS) is 19.0. The second-order valence-electron chi connectivity index (χ2n) is 4.95. The van der Waals surface area contributed by atoms with E-state index in [1.807, 2.05) is 6.07 Å². The first-order valence-electron chi connectivity index (χ1n) is 6.43. The van der Waals surface area contributed by atoms with E-state index in [1.165, 1.54) is 4.90 Å². The second kappa shape index (κ2) is 6.26. The van der Waals surface area contributed by atoms with Crippen LogP contribution in [0.4, 0.5) is 5.69 Å². The lowest BCUT2D eigenvalue weighted by atomic mass is 10.1. The van der Waals surface area contributed by atoms with Crippen molar-refractivity contribution < 1.29 is 9.53 Å². The van der Waals surface area contributed by atoms with Gasteiger partial charge in [0.1, 0.15) is 0 Å². The summed E-state index contributed by atoms with van der Waals surface area (Å²) in [5.74, 6) is -0.0893. The summed E-state index contributed by atoms with van der Waals surface area (Å²) in [4.78, 5) is 13.5. The number of amides is 1. The molecule has 5 heteroatoms. The smallest absolute Gasteiger partial charge is 0.254 e. The highest BCUT2D eigenvalue weighted by Crippen LogP contribution is 2.23. The van der Waals surface area contributed by atoms with Gasteiger partial charge in [-0.2, -0.15) is 0 Å². The van der Waals surface area contributed by atoms with Crippen LogP contribution in [0.3, 0.4) is 0 Å². The Morgan fingerprint density at radius 3 is 2.89 bits per heavy atom. The molecule has 1 aromatic carbocycles. The molecule has 1 aromatic rings. The molecule has 1 aliphatic heterocycles. The molecule has 1 amide bonds. The van der Waals surface area contributed by atoms with E-state index in [0.717, 1.165) is 25.1 Å². The zero-order valence-electron chi connectivity index (χ0n) is 11.3. The minimum absolute atomic E-state index is 0.0893. The van der Waals surface area contributed by atoms with Gasteiger partial charge in [-0.1, -0.05) is 11.6 Å². The number of carbonyl (C=O) groups is 1. The van der Waals surface area contributed by atoms with E-state index < -0.39 is 0 Å². The van der Waals surface area contributed by atoms with E-state index in [-0.39, 0.29) is 5.91 Å². The van der Waals surface area contributed by atoms with E-state index >= 15 is 0 Å². The Hall–Kier alpha value is -1.26. The van der Waals surface area contributed by atoms with Crippen LogP contribution in [0.15, 0.2) is 18.2 Å². The van der Waals surface area contributed by atoms with Gasteiger partial charge in [-0.15, -0.1) is 0 Å². The summed E-state index contributed by atoms with van der Waals surface area (Å²) in [5.41, 5.74) is 1.43. The van der Waals surface area contributed by atoms with Crippen LogP contribution in [0.5, 0.6) is 0 Å². The average molecular weight is 283 g/mol. The fourth-order valence-electron chi connectivity index (χ4n) is 2.11. The van der Waals surface area contributed by atoms with Crippen molar-refractivity contribution in [2.45, 2.75) is 18.9 Å². The molecular weight excluding hydrogens is 264 g/mol. The zero-order valence-corrected chi connectivity index (χ0v) is 12.0. The fourth-order valence-corrected chi connectivity index (χ4v) is 2.31. The Morgan fingerprint density at radius 1 is 1.47 bits per heavy atom. The molecule has 0 spiro atoms. The van der Waals surface area contributed by atoms with Crippen molar-refractivity contribution >= 4 is 23.2 Å². The molecule has 1 atom stereocenters. The van der Waals surface area contributed by atoms with Crippen LogP contribution in [0, 0.1) is 0 Å². The Morgan fingerprint density at radius 2 is 2.26 bits per heavy atom. The summed E-state index contributed by atoms with van der Waals surface area (Å²) in [7, 11) is 3.43. The van der Waals surface area contributed by atoms with Crippen LogP contribution in [-0.2, 0) is 4.74 Å². The zero-order chi connectivity index (χ0) is 13.8. The van der Waals surface area contributed by atoms with Crippen LogP contribution >= 0.6 is 11.6 Å². The molecule has 0 bridgehead atoms. The van der Waals surface area contributed by atoms with Gasteiger partial charge in [-0.05, 0) is 31.0 Å². The maximum Gasteiger partial charge on any atom is 0.254 e. The second-order valence-corrected chi connectivity index (χ2v) is 5.36. The number of anilines is 1. The van der Waals surface area contributed by atoms with Gasteiger partial charge < -0.3 is 15.0 Å². The summed E-state index contributed by atoms with van der Waals surface area (Å²) in [6, 6.07) is 5.75. The molecule has 1 unspecified atom stereocenters. The molecule has 1 heterocycles. The molecule has 0 aliphatic carbocycles. The van der Waals surface area contributed by atoms with E-state index in [4.69, 9.17) is 16.3 Å². The lowest BCUT2D eigenvalue weighted by molar-refractivity contribution is 0.0828. The van der Waals surface area contributed by atoms with Gasteiger partial charge in [0, 0.05) is 32.4 Å². The largest absolute Gasteiger partial charge is 0.380 e. The Kier molecular flexibility index (Phi) is 4.66. The molecular formula is C14H19ClN2O2. The first kappa shape index (κ1) is 14.2. The Bertz CT molecular complexity index is 457. The molecule has 0 aromatic heterocycles. The number of hydrogen-bond acceptors (Lipinski definition) is 3. The molecule has 0 saturated carbocycles. The highest BCUT2D eigenvalue weighted by Gasteiger charge is 2.16. The SMILES string of the molecule is CN(C)C(=O)c1cc(NC2CCCOC2)ccc1Cl. The van der Waals surface area contributed by atoms with Crippen LogP contribution in [0.1, 0.15) is 23.2 Å². The van der Waals surface area contributed by atoms with Gasteiger partial charge >= 0.3 is 0 Å². The molecule has 0 radical (unpaired) electrons. The third-order valence-corrected chi connectivity index (χ3v) is 3.46. The van der Waals surface area contributed by atoms with E-state index in [1.54, 1.807) is 26.2 Å². The predicted molar refractivity (Wildman–Crippen MR) is 76.9 cm³/mol. The molecule has 1 saturated heterocycles. The summed E-state index contributed by atoms with van der Waals surface area (Å²) in [6.07, 6.45) is 2.15. The summed E-state index contributed by atoms with van der Waals surface area (Å²) in [6.45, 7) is 1.54. The number of carbonyl (C=O) groups excluding carboxylic acids is 1. The summed E-state index contributed by atoms with van der Waals surface area (Å²) >= 11 is 6.08. The van der Waals surface area contributed by atoms with Crippen LogP contribution in [-0.4, -0.2) is 44.2 Å². The van der Waals surface area contributed by atoms with Gasteiger partial charge in [0.25, 0.3) is 5.91 Å². The predicted octanol–water partition coefficient (Wildman–Crippen LogP) is 2.63. The minimum atomic E-state index is -0.0893. The first-order chi connectivity index (χ1) is 9.08. The van der Waals surface area contributed by atoms with Gasteiger partial charge in [-0.3, -0.25) is 4.79 Å². The highest BCUT2D eigenvalue weighted by atomic mass is 35.5. The monoisotopic (exact) mass is 282 g/mol. The van der Waals surface area contributed by atoms with Gasteiger partial charge in [0.05, 0.1) is 17.2 Å². The maximum atomic E-state index is 12.0. The number of rotatable bonds is 3. The number of ether oxygens (including phenoxy) is 1. The molecule has 4 nitrogen and oxygen atoms in total. The van der Waals surface area contributed by atoms with Crippen molar-refractivity contribution in [3.05, 3.63) is 28.8 Å². The molecule has 1 fully saturated rings. The third-order valence-electron chi connectivity index (χ3n) is 3.13. The molecule has 104 valence electrons. The van der Waals surface area contributed by atoms with Gasteiger partial charge in [0.2, 0.25) is 0 Å². The standard InChI is InChI=1S/C14H19ClN2O2/c1-17(2)14(18)12-8-10(5-6-13(12)15)16-11-4-3-7-19-9-11/h5-6,8,11,16H,3-4,7,9H2,1-2H3. The van der Waals surface area contributed by atoms with Gasteiger partial charge in [-0.25, -0.2) is 0 Å². The number of nitrogens with zero attached hydrogens (tertiary/aromatic N) is 1. The van der Waals surface area contributed by atoms with Crippen molar-refractivity contribution in [3.8, 4) is 0 Å².